The van der Waals surface area contributed by atoms with Gasteiger partial charge in [-0.1, -0.05) is 231 Å². The molecule has 0 unspecified atom stereocenters. The van der Waals surface area contributed by atoms with Crippen LogP contribution in [0.1, 0.15) is 0 Å². The molecule has 0 aliphatic heterocycles. The molecule has 0 atom stereocenters. The molecule has 0 spiro atoms. The average Bonchev–Trinajstić information content (AvgIpc) is 1.61. The molecule has 0 aliphatic rings. The molecule has 7 nitrogen and oxygen atoms in total. The van der Waals surface area contributed by atoms with Gasteiger partial charge in [-0.05, 0) is 148 Å². The van der Waals surface area contributed by atoms with Gasteiger partial charge < -0.3 is 9.13 Å². The summed E-state index contributed by atoms with van der Waals surface area (Å²) in [5.41, 5.74) is 23.6. The van der Waals surface area contributed by atoms with Crippen LogP contribution < -0.4 is 0 Å². The summed E-state index contributed by atoms with van der Waals surface area (Å²) in [5.74, 6) is 1.37. The maximum Gasteiger partial charge on any atom is 0.235 e. The monoisotopic (exact) mass is 1190 g/mol. The van der Waals surface area contributed by atoms with E-state index in [1.165, 1.54) is 93.3 Å². The van der Waals surface area contributed by atoms with Gasteiger partial charge in [-0.25, -0.2) is 19.9 Å². The maximum absolute atomic E-state index is 5.11. The summed E-state index contributed by atoms with van der Waals surface area (Å²) in [6.07, 6.45) is 3.71. The molecule has 5 heterocycles. The summed E-state index contributed by atoms with van der Waals surface area (Å²) in [7, 11) is 0. The second-order valence-electron chi connectivity index (χ2n) is 23.4. The Hall–Kier alpha value is -12.6. The van der Waals surface area contributed by atoms with Gasteiger partial charge in [-0.3, -0.25) is 4.57 Å². The predicted octanol–water partition coefficient (Wildman–Crippen LogP) is 21.9. The molecule has 0 bridgehead atoms. The van der Waals surface area contributed by atoms with Gasteiger partial charge in [0.05, 0.1) is 44.5 Å². The highest BCUT2D eigenvalue weighted by Crippen LogP contribution is 2.40. The van der Waals surface area contributed by atoms with Gasteiger partial charge in [0.25, 0.3) is 0 Å². The summed E-state index contributed by atoms with van der Waals surface area (Å²) in [4.78, 5) is 19.5. The Bertz CT molecular complexity index is 5720. The van der Waals surface area contributed by atoms with Crippen LogP contribution in [0.5, 0.6) is 0 Å². The summed E-state index contributed by atoms with van der Waals surface area (Å²) in [5, 5.41) is 7.35. The number of para-hydroxylation sites is 5. The summed E-state index contributed by atoms with van der Waals surface area (Å²) in [6, 6.07) is 118. The van der Waals surface area contributed by atoms with E-state index in [-0.39, 0.29) is 0 Å². The number of fused-ring (bicyclic) bond motifs is 9. The molecule has 0 aliphatic carbocycles. The van der Waals surface area contributed by atoms with Gasteiger partial charge in [0, 0.05) is 72.8 Å². The van der Waals surface area contributed by atoms with Crippen LogP contribution in [0.4, 0.5) is 0 Å². The second-order valence-corrected chi connectivity index (χ2v) is 23.4. The third-order valence-electron chi connectivity index (χ3n) is 17.9. The Morgan fingerprint density at radius 1 is 0.194 bits per heavy atom. The van der Waals surface area contributed by atoms with E-state index in [1.807, 2.05) is 36.7 Å². The van der Waals surface area contributed by atoms with Crippen molar-refractivity contribution in [1.29, 1.82) is 0 Å². The van der Waals surface area contributed by atoms with Crippen LogP contribution in [0, 0.1) is 0 Å². The normalized spacial score (nSPS) is 11.4. The average molecular weight is 1190 g/mol. The minimum atomic E-state index is 0.656. The molecule has 18 aromatic rings. The first-order valence-electron chi connectivity index (χ1n) is 31.4. The number of rotatable bonds is 10. The smallest absolute Gasteiger partial charge is 0.235 e. The molecule has 0 saturated heterocycles. The molecule has 0 radical (unpaired) electrons. The van der Waals surface area contributed by atoms with E-state index >= 15 is 0 Å². The fourth-order valence-electron chi connectivity index (χ4n) is 13.4. The Labute approximate surface area is 537 Å². The van der Waals surface area contributed by atoms with E-state index in [0.717, 1.165) is 56.0 Å². The van der Waals surface area contributed by atoms with Crippen LogP contribution in [0.15, 0.2) is 346 Å². The number of nitrogens with zero attached hydrogens (tertiary/aromatic N) is 7. The van der Waals surface area contributed by atoms with Crippen molar-refractivity contribution in [2.45, 2.75) is 0 Å². The van der Waals surface area contributed by atoms with Crippen LogP contribution in [0.25, 0.3) is 161 Å². The summed E-state index contributed by atoms with van der Waals surface area (Å²) < 4.78 is 6.87. The molecule has 7 heteroatoms. The number of benzene rings is 13. The third-order valence-corrected chi connectivity index (χ3v) is 17.9. The van der Waals surface area contributed by atoms with Gasteiger partial charge >= 0.3 is 0 Å². The van der Waals surface area contributed by atoms with Gasteiger partial charge in [-0.2, -0.15) is 0 Å². The van der Waals surface area contributed by atoms with Crippen molar-refractivity contribution < 1.29 is 0 Å². The lowest BCUT2D eigenvalue weighted by molar-refractivity contribution is 0.992. The first-order chi connectivity index (χ1) is 46.1. The van der Waals surface area contributed by atoms with Crippen molar-refractivity contribution in [1.82, 2.24) is 33.6 Å². The molecule has 13 aromatic carbocycles. The SMILES string of the molecule is c1ccc(-c2ccc(-c3cccc(-c4ccnc(-c5ccc(-n6c7ccccc7c7ccccc76)cc5)n4)c3)cc2)cc1.c1ccc(-c2ccc(-c3ccnc(-n4c5ccccc5c5cc(-c6ccc7c(c6)c6ccccc6n7-c6ccccc6)ccc54)n3)cc2)cc1. The topological polar surface area (TPSA) is 66.3 Å². The van der Waals surface area contributed by atoms with E-state index in [1.54, 1.807) is 0 Å². The molecule has 0 amide bonds. The molecule has 93 heavy (non-hydrogen) atoms. The van der Waals surface area contributed by atoms with Crippen LogP contribution in [-0.2, 0) is 0 Å². The highest BCUT2D eigenvalue weighted by Gasteiger charge is 2.19. The summed E-state index contributed by atoms with van der Waals surface area (Å²) in [6.45, 7) is 0. The highest BCUT2D eigenvalue weighted by molar-refractivity contribution is 6.13. The van der Waals surface area contributed by atoms with E-state index in [0.29, 0.717) is 11.8 Å². The van der Waals surface area contributed by atoms with E-state index < -0.39 is 0 Å². The Morgan fingerprint density at radius 2 is 0.538 bits per heavy atom. The first-order valence-corrected chi connectivity index (χ1v) is 31.4. The molecular weight excluding hydrogens is 1130 g/mol. The number of aromatic nitrogens is 7. The lowest BCUT2D eigenvalue weighted by Crippen LogP contribution is -2.01. The number of hydrogen-bond donors (Lipinski definition) is 0. The molecule has 0 saturated carbocycles. The van der Waals surface area contributed by atoms with Crippen LogP contribution in [-0.4, -0.2) is 33.6 Å². The lowest BCUT2D eigenvalue weighted by atomic mass is 9.98. The van der Waals surface area contributed by atoms with E-state index in [9.17, 15) is 0 Å². The second kappa shape index (κ2) is 23.4. The highest BCUT2D eigenvalue weighted by atomic mass is 15.2. The fraction of sp³-hybridized carbons (Fsp3) is 0. The van der Waals surface area contributed by atoms with Gasteiger partial charge in [0.1, 0.15) is 0 Å². The van der Waals surface area contributed by atoms with E-state index in [2.05, 4.69) is 328 Å². The van der Waals surface area contributed by atoms with Crippen molar-refractivity contribution in [2.24, 2.45) is 0 Å². The van der Waals surface area contributed by atoms with Crippen LogP contribution >= 0.6 is 0 Å². The van der Waals surface area contributed by atoms with Gasteiger partial charge in [-0.15, -0.1) is 0 Å². The molecule has 436 valence electrons. The molecule has 0 N–H and O–H groups in total. The zero-order valence-corrected chi connectivity index (χ0v) is 50.5. The van der Waals surface area contributed by atoms with Crippen molar-refractivity contribution >= 4 is 65.4 Å². The Morgan fingerprint density at radius 3 is 1.08 bits per heavy atom. The Kier molecular flexibility index (Phi) is 13.7. The fourth-order valence-corrected chi connectivity index (χ4v) is 13.4. The lowest BCUT2D eigenvalue weighted by Gasteiger charge is -2.10. The van der Waals surface area contributed by atoms with E-state index in [4.69, 9.17) is 15.0 Å². The zero-order valence-electron chi connectivity index (χ0n) is 50.5. The van der Waals surface area contributed by atoms with Crippen molar-refractivity contribution in [3.63, 3.8) is 0 Å². The molecular formula is C86H57N7. The maximum atomic E-state index is 5.11. The van der Waals surface area contributed by atoms with Gasteiger partial charge in [0.15, 0.2) is 5.82 Å². The Balaban J connectivity index is 0.000000144. The van der Waals surface area contributed by atoms with Gasteiger partial charge in [0.2, 0.25) is 5.95 Å². The van der Waals surface area contributed by atoms with Crippen LogP contribution in [0.3, 0.4) is 0 Å². The molecule has 0 fully saturated rings. The van der Waals surface area contributed by atoms with Crippen molar-refractivity contribution in [3.8, 4) is 95.7 Å². The zero-order chi connectivity index (χ0) is 61.6. The summed E-state index contributed by atoms with van der Waals surface area (Å²) >= 11 is 0. The number of hydrogen-bond acceptors (Lipinski definition) is 4. The third kappa shape index (κ3) is 10.1. The minimum Gasteiger partial charge on any atom is -0.309 e. The molecule has 5 aromatic heterocycles. The standard InChI is InChI=1S/C46H30N4.C40H27N3/c1-3-11-31(12-4-1)32-19-21-33(22-20-32)41-27-28-47-46(48-41)50-43-18-10-8-16-38(43)40-30-35(24-26-45(40)50)34-23-25-44-39(29-34)37-15-7-9-17-42(37)49(44)36-13-5-2-6-14-36;1-2-9-28(10-3-1)29-17-19-30(20-18-29)32-11-8-12-33(27-32)37-25-26-41-40(42-37)31-21-23-34(24-22-31)43-38-15-6-4-13-35(38)36-14-5-7-16-39(36)43/h1-30H;1-27H. The van der Waals surface area contributed by atoms with Crippen molar-refractivity contribution in [3.05, 3.63) is 346 Å². The quantitative estimate of drug-likeness (QED) is 0.137. The molecule has 18 rings (SSSR count). The predicted molar refractivity (Wildman–Crippen MR) is 385 cm³/mol. The van der Waals surface area contributed by atoms with Crippen molar-refractivity contribution in [2.75, 3.05) is 0 Å². The van der Waals surface area contributed by atoms with Crippen LogP contribution in [0.2, 0.25) is 0 Å². The minimum absolute atomic E-state index is 0.656. The first kappa shape index (κ1) is 54.6. The largest absolute Gasteiger partial charge is 0.309 e.